The SMILES string of the molecule is CSCC[C@H](N)C(=O)N1CCC2(CCCCc3ccccc3OCCCNC2=O)CC1. The lowest BCUT2D eigenvalue weighted by molar-refractivity contribution is -0.141. The van der Waals surface area contributed by atoms with Crippen LogP contribution in [0.2, 0.25) is 0 Å². The van der Waals surface area contributed by atoms with E-state index in [0.717, 1.165) is 43.6 Å². The highest BCUT2D eigenvalue weighted by Gasteiger charge is 2.42. The molecule has 0 aromatic heterocycles. The molecule has 1 atom stereocenters. The first-order valence-corrected chi connectivity index (χ1v) is 13.0. The minimum atomic E-state index is -0.435. The van der Waals surface area contributed by atoms with E-state index in [0.29, 0.717) is 45.5 Å². The summed E-state index contributed by atoms with van der Waals surface area (Å²) in [6, 6.07) is 7.80. The first kappa shape index (κ1) is 23.9. The molecule has 172 valence electrons. The minimum Gasteiger partial charge on any atom is -0.493 e. The molecule has 7 heteroatoms. The van der Waals surface area contributed by atoms with Gasteiger partial charge >= 0.3 is 0 Å². The second-order valence-corrected chi connectivity index (χ2v) is 9.75. The largest absolute Gasteiger partial charge is 0.493 e. The zero-order valence-electron chi connectivity index (χ0n) is 18.7. The Morgan fingerprint density at radius 2 is 2.00 bits per heavy atom. The molecule has 1 aromatic carbocycles. The standard InChI is InChI=1S/C24H37N3O3S/c1-31-18-10-20(25)22(28)27-15-12-24(13-16-27)11-5-4-8-19-7-2-3-9-21(19)30-17-6-14-26-23(24)29/h2-3,7,9,20H,4-6,8,10-18,25H2,1H3,(H,26,29)/t20-/m0/s1. The average molecular weight is 448 g/mol. The maximum Gasteiger partial charge on any atom is 0.239 e. The van der Waals surface area contributed by atoms with Crippen LogP contribution in [0.5, 0.6) is 5.75 Å². The molecule has 0 bridgehead atoms. The van der Waals surface area contributed by atoms with E-state index >= 15 is 0 Å². The van der Waals surface area contributed by atoms with E-state index < -0.39 is 6.04 Å². The third-order valence-electron chi connectivity index (χ3n) is 6.65. The molecule has 3 N–H and O–H groups in total. The van der Waals surface area contributed by atoms with Gasteiger partial charge in [-0.3, -0.25) is 9.59 Å². The van der Waals surface area contributed by atoms with E-state index in [9.17, 15) is 9.59 Å². The van der Waals surface area contributed by atoms with Crippen LogP contribution in [0.15, 0.2) is 24.3 Å². The number of fused-ring (bicyclic) bond motifs is 1. The summed E-state index contributed by atoms with van der Waals surface area (Å²) in [6.45, 7) is 2.45. The van der Waals surface area contributed by atoms with Crippen LogP contribution in [-0.4, -0.2) is 61.0 Å². The lowest BCUT2D eigenvalue weighted by Crippen LogP contribution is -2.53. The summed E-state index contributed by atoms with van der Waals surface area (Å²) < 4.78 is 5.96. The fourth-order valence-corrected chi connectivity index (χ4v) is 5.11. The van der Waals surface area contributed by atoms with Crippen molar-refractivity contribution in [3.05, 3.63) is 29.8 Å². The summed E-state index contributed by atoms with van der Waals surface area (Å²) in [4.78, 5) is 27.7. The van der Waals surface area contributed by atoms with E-state index in [2.05, 4.69) is 17.4 Å². The third kappa shape index (κ3) is 6.39. The summed E-state index contributed by atoms with van der Waals surface area (Å²) in [5, 5.41) is 3.15. The first-order valence-electron chi connectivity index (χ1n) is 11.6. The van der Waals surface area contributed by atoms with Gasteiger partial charge in [0, 0.05) is 19.6 Å². The van der Waals surface area contributed by atoms with Gasteiger partial charge in [0.1, 0.15) is 5.75 Å². The van der Waals surface area contributed by atoms with E-state index in [1.54, 1.807) is 11.8 Å². The predicted octanol–water partition coefficient (Wildman–Crippen LogP) is 2.99. The number of hydrogen-bond acceptors (Lipinski definition) is 5. The molecular weight excluding hydrogens is 410 g/mol. The lowest BCUT2D eigenvalue weighted by Gasteiger charge is -2.41. The zero-order chi connectivity index (χ0) is 22.1. The summed E-state index contributed by atoms with van der Waals surface area (Å²) in [7, 11) is 0. The van der Waals surface area contributed by atoms with Crippen LogP contribution in [-0.2, 0) is 16.0 Å². The van der Waals surface area contributed by atoms with Gasteiger partial charge in [0.15, 0.2) is 0 Å². The predicted molar refractivity (Wildman–Crippen MR) is 126 cm³/mol. The number of nitrogens with zero attached hydrogens (tertiary/aromatic N) is 1. The van der Waals surface area contributed by atoms with Crippen molar-refractivity contribution in [2.75, 3.05) is 38.2 Å². The highest BCUT2D eigenvalue weighted by atomic mass is 32.2. The number of piperidine rings is 1. The highest BCUT2D eigenvalue weighted by Crippen LogP contribution is 2.38. The molecule has 1 fully saturated rings. The van der Waals surface area contributed by atoms with Crippen LogP contribution >= 0.6 is 11.8 Å². The number of ether oxygens (including phenoxy) is 1. The van der Waals surface area contributed by atoms with Gasteiger partial charge in [0.05, 0.1) is 18.1 Å². The van der Waals surface area contributed by atoms with E-state index in [1.165, 1.54) is 5.56 Å². The molecule has 2 aliphatic rings. The molecule has 1 spiro atoms. The van der Waals surface area contributed by atoms with E-state index in [-0.39, 0.29) is 17.2 Å². The summed E-state index contributed by atoms with van der Waals surface area (Å²) in [5.41, 5.74) is 6.97. The number of nitrogens with two attached hydrogens (primary N) is 1. The molecule has 1 aromatic rings. The number of likely N-dealkylation sites (tertiary alicyclic amines) is 1. The van der Waals surface area contributed by atoms with Crippen molar-refractivity contribution in [1.29, 1.82) is 0 Å². The highest BCUT2D eigenvalue weighted by molar-refractivity contribution is 7.98. The van der Waals surface area contributed by atoms with Crippen molar-refractivity contribution in [3.8, 4) is 5.75 Å². The van der Waals surface area contributed by atoms with Gasteiger partial charge in [-0.1, -0.05) is 24.6 Å². The maximum absolute atomic E-state index is 13.2. The van der Waals surface area contributed by atoms with Crippen LogP contribution in [0.1, 0.15) is 50.5 Å². The maximum atomic E-state index is 13.2. The zero-order valence-corrected chi connectivity index (χ0v) is 19.6. The Morgan fingerprint density at radius 3 is 2.77 bits per heavy atom. The fourth-order valence-electron chi connectivity index (χ4n) is 4.62. The molecule has 1 saturated heterocycles. The molecular formula is C24H37N3O3S. The van der Waals surface area contributed by atoms with Gasteiger partial charge in [0.2, 0.25) is 11.8 Å². The number of para-hydroxylation sites is 1. The number of carbonyl (C=O) groups excluding carboxylic acids is 2. The summed E-state index contributed by atoms with van der Waals surface area (Å²) in [5.74, 6) is 2.03. The number of carbonyl (C=O) groups is 2. The quantitative estimate of drug-likeness (QED) is 0.741. The average Bonchev–Trinajstić information content (AvgIpc) is 2.81. The molecule has 2 heterocycles. The van der Waals surface area contributed by atoms with Crippen molar-refractivity contribution in [2.24, 2.45) is 11.1 Å². The Morgan fingerprint density at radius 1 is 1.23 bits per heavy atom. The lowest BCUT2D eigenvalue weighted by atomic mass is 9.73. The molecule has 0 radical (unpaired) electrons. The van der Waals surface area contributed by atoms with Crippen molar-refractivity contribution >= 4 is 23.6 Å². The van der Waals surface area contributed by atoms with Gasteiger partial charge in [-0.05, 0) is 68.6 Å². The van der Waals surface area contributed by atoms with Crippen LogP contribution in [0.25, 0.3) is 0 Å². The van der Waals surface area contributed by atoms with Crippen LogP contribution in [0.3, 0.4) is 0 Å². The Kier molecular flexibility index (Phi) is 9.08. The molecule has 2 aliphatic heterocycles. The van der Waals surface area contributed by atoms with E-state index in [4.69, 9.17) is 10.5 Å². The Hall–Kier alpha value is -1.73. The van der Waals surface area contributed by atoms with Crippen molar-refractivity contribution in [3.63, 3.8) is 0 Å². The van der Waals surface area contributed by atoms with Crippen LogP contribution in [0.4, 0.5) is 0 Å². The third-order valence-corrected chi connectivity index (χ3v) is 7.30. The van der Waals surface area contributed by atoms with Gasteiger partial charge in [0.25, 0.3) is 0 Å². The van der Waals surface area contributed by atoms with Crippen molar-refractivity contribution < 1.29 is 14.3 Å². The number of amides is 2. The van der Waals surface area contributed by atoms with Gasteiger partial charge in [-0.2, -0.15) is 11.8 Å². The Labute approximate surface area is 190 Å². The topological polar surface area (TPSA) is 84.7 Å². The number of hydrogen-bond donors (Lipinski definition) is 2. The van der Waals surface area contributed by atoms with Gasteiger partial charge < -0.3 is 20.7 Å². The normalized spacial score (nSPS) is 21.0. The first-order chi connectivity index (χ1) is 15.1. The number of benzene rings is 1. The molecule has 0 saturated carbocycles. The smallest absolute Gasteiger partial charge is 0.239 e. The fraction of sp³-hybridized carbons (Fsp3) is 0.667. The minimum absolute atomic E-state index is 0.0303. The Bertz CT molecular complexity index is 735. The molecule has 31 heavy (non-hydrogen) atoms. The second-order valence-electron chi connectivity index (χ2n) is 8.77. The number of thioether (sulfide) groups is 1. The van der Waals surface area contributed by atoms with Gasteiger partial charge in [-0.25, -0.2) is 0 Å². The van der Waals surface area contributed by atoms with Crippen LogP contribution in [0, 0.1) is 5.41 Å². The Balaban J connectivity index is 1.62. The number of nitrogens with one attached hydrogen (secondary N) is 1. The molecule has 0 unspecified atom stereocenters. The molecule has 3 rings (SSSR count). The number of aryl methyl sites for hydroxylation is 1. The van der Waals surface area contributed by atoms with Crippen LogP contribution < -0.4 is 15.8 Å². The van der Waals surface area contributed by atoms with Crippen molar-refractivity contribution in [1.82, 2.24) is 10.2 Å². The molecule has 2 amide bonds. The summed E-state index contributed by atoms with van der Waals surface area (Å²) in [6.07, 6.45) is 8.78. The molecule has 6 nitrogen and oxygen atoms in total. The summed E-state index contributed by atoms with van der Waals surface area (Å²) >= 11 is 1.71. The van der Waals surface area contributed by atoms with E-state index in [1.807, 2.05) is 23.3 Å². The second kappa shape index (κ2) is 11.8. The number of rotatable bonds is 4. The molecule has 0 aliphatic carbocycles. The van der Waals surface area contributed by atoms with Gasteiger partial charge in [-0.15, -0.1) is 0 Å². The monoisotopic (exact) mass is 447 g/mol. The van der Waals surface area contributed by atoms with Crippen molar-refractivity contribution in [2.45, 2.75) is 57.4 Å².